The number of benzene rings is 3. The smallest absolute Gasteiger partial charge is 0.479 e. The van der Waals surface area contributed by atoms with Crippen molar-refractivity contribution in [2.45, 2.75) is 98.7 Å². The molecule has 0 saturated carbocycles. The summed E-state index contributed by atoms with van der Waals surface area (Å²) in [5, 5.41) is 22.9. The third-order valence-corrected chi connectivity index (χ3v) is 27.0. The van der Waals surface area contributed by atoms with Crippen molar-refractivity contribution in [1.82, 2.24) is 87.4 Å². The molecule has 44 heteroatoms. The fourth-order valence-corrected chi connectivity index (χ4v) is 19.8. The average molecular weight is 1850 g/mol. The number of sulfonamides is 2. The summed E-state index contributed by atoms with van der Waals surface area (Å²) in [6.07, 6.45) is 10.0. The van der Waals surface area contributed by atoms with Gasteiger partial charge in [0.2, 0.25) is 55.5 Å². The number of aromatic nitrogens is 15. The number of nitrogens with two attached hydrogens (primary N) is 1. The molecular weight excluding hydrogens is 1760 g/mol. The number of halogens is 3. The molecular formula is C82H89BCl3N21O15S4. The number of hydrogen-bond donors (Lipinski definition) is 6. The Kier molecular flexibility index (Phi) is 29.7. The van der Waals surface area contributed by atoms with E-state index in [2.05, 4.69) is 75.1 Å². The first-order chi connectivity index (χ1) is 59.8. The number of carbonyl (C=O) groups is 1. The minimum Gasteiger partial charge on any atom is -0.479 e. The Hall–Kier alpha value is -12.0. The van der Waals surface area contributed by atoms with Crippen LogP contribution in [0.25, 0.3) is 76.3 Å². The number of aliphatic imine (C=N–C) groups is 2. The minimum atomic E-state index is -3.88. The minimum absolute atomic E-state index is 0. The lowest BCUT2D eigenvalue weighted by Gasteiger charge is -2.35. The number of hydrogen-bond acceptors (Lipinski definition) is 30. The quantitative estimate of drug-likeness (QED) is 0.0287. The van der Waals surface area contributed by atoms with Crippen LogP contribution < -0.4 is 35.6 Å². The topological polar surface area (TPSA) is 444 Å². The molecule has 0 radical (unpaired) electrons. The Morgan fingerprint density at radius 3 is 1.56 bits per heavy atom. The van der Waals surface area contributed by atoms with Crippen molar-refractivity contribution in [1.29, 1.82) is 0 Å². The Bertz CT molecular complexity index is 6640. The van der Waals surface area contributed by atoms with Crippen LogP contribution in [0.2, 0.25) is 15.2 Å². The van der Waals surface area contributed by atoms with E-state index in [1.165, 1.54) is 89.7 Å². The van der Waals surface area contributed by atoms with Gasteiger partial charge >= 0.3 is 13.2 Å². The second-order valence-corrected chi connectivity index (χ2v) is 36.5. The Labute approximate surface area is 747 Å². The normalized spacial score (nSPS) is 15.7. The number of rotatable bonds is 21. The summed E-state index contributed by atoms with van der Waals surface area (Å²) in [5.41, 5.74) is 14.7. The van der Waals surface area contributed by atoms with Gasteiger partial charge in [-0.25, -0.2) is 70.1 Å². The molecule has 0 aliphatic carbocycles. The van der Waals surface area contributed by atoms with Gasteiger partial charge in [-0.2, -0.15) is 19.9 Å². The number of nitrogens with zero attached hydrogens (tertiary/aromatic N) is 17. The second kappa shape index (κ2) is 40.1. The molecule has 0 saturated heterocycles. The fourth-order valence-electron chi connectivity index (χ4n) is 13.3. The van der Waals surface area contributed by atoms with Crippen LogP contribution >= 0.6 is 57.5 Å². The summed E-state index contributed by atoms with van der Waals surface area (Å²) in [7, 11) is -0.234. The zero-order valence-corrected chi connectivity index (χ0v) is 74.7. The molecule has 0 spiro atoms. The van der Waals surface area contributed by atoms with Crippen molar-refractivity contribution < 1.29 is 69.6 Å². The number of H-pyrrole nitrogens is 2. The van der Waals surface area contributed by atoms with Gasteiger partial charge in [0.05, 0.1) is 134 Å². The molecule has 12 aromatic heterocycles. The average Bonchev–Trinajstić information content (AvgIpc) is 1.50. The number of carbonyl (C=O) groups excluding carboxylic acids is 1. The summed E-state index contributed by atoms with van der Waals surface area (Å²) in [6.45, 7) is 10.6. The molecule has 14 heterocycles. The number of thiophene rings is 2. The number of methoxy groups -OCH3 is 4. The van der Waals surface area contributed by atoms with Crippen molar-refractivity contribution in [3.8, 4) is 44.7 Å². The number of guanidine groups is 2. The lowest BCUT2D eigenvalue weighted by Crippen LogP contribution is -2.53. The maximum Gasteiger partial charge on any atom is 0.506 e. The molecule has 0 fully saturated rings. The van der Waals surface area contributed by atoms with Gasteiger partial charge in [-0.15, -0.1) is 22.7 Å². The Balaban J connectivity index is 0.000000152. The SMILES string of the molecule is C.COc1ncnc2cc(-c3cc(Cl)c([C@]4(C)CS(=O)(=O)N(C)C(N)=N4)s3)[nH]c12.COc1ncnc2cc(-c3cc(Cl)c([C@]4(C)CS(=O)(=O)N(C)C(NC(=O)OC(C)(C)C)=N4)s3)n(COCc3ccccc3)c12.COc1ncnc2cc(B(O)O)n(COCc3ccccc3)c12.COc1ncnc2ccn(COCc3ccccc3)c12.Clc1ncnc2cc[nH]c12. The van der Waals surface area contributed by atoms with Gasteiger partial charge in [0.1, 0.15) is 96.1 Å². The highest BCUT2D eigenvalue weighted by molar-refractivity contribution is 7.90. The first kappa shape index (κ1) is 93.2. The molecule has 126 heavy (non-hydrogen) atoms. The predicted molar refractivity (Wildman–Crippen MR) is 485 cm³/mol. The number of ether oxygens (including phenoxy) is 8. The molecule has 7 N–H and O–H groups in total. The van der Waals surface area contributed by atoms with Gasteiger partial charge < -0.3 is 77.3 Å². The second-order valence-electron chi connectivity index (χ2n) is 29.2. The van der Waals surface area contributed by atoms with Gasteiger partial charge in [0.25, 0.3) is 0 Å². The molecule has 1 amide bonds. The van der Waals surface area contributed by atoms with Crippen LogP contribution in [0.5, 0.6) is 23.5 Å². The van der Waals surface area contributed by atoms with Crippen LogP contribution in [-0.4, -0.2) is 194 Å². The van der Waals surface area contributed by atoms with Crippen LogP contribution in [0.15, 0.2) is 187 Å². The van der Waals surface area contributed by atoms with Crippen LogP contribution in [0.1, 0.15) is 68.5 Å². The van der Waals surface area contributed by atoms with E-state index in [9.17, 15) is 31.7 Å². The van der Waals surface area contributed by atoms with Crippen molar-refractivity contribution >= 4 is 163 Å². The number of fused-ring (bicyclic) bond motifs is 5. The van der Waals surface area contributed by atoms with E-state index in [0.29, 0.717) is 108 Å². The van der Waals surface area contributed by atoms with E-state index in [0.717, 1.165) is 68.5 Å². The lowest BCUT2D eigenvalue weighted by molar-refractivity contribution is 0.0558. The molecule has 0 bridgehead atoms. The van der Waals surface area contributed by atoms with Crippen molar-refractivity contribution in [3.05, 3.63) is 219 Å². The van der Waals surface area contributed by atoms with Crippen molar-refractivity contribution in [2.75, 3.05) is 54.0 Å². The number of alkyl carbamates (subject to hydrolysis) is 1. The molecule has 15 aromatic rings. The first-order valence-electron chi connectivity index (χ1n) is 37.9. The van der Waals surface area contributed by atoms with E-state index in [1.54, 1.807) is 70.7 Å². The highest BCUT2D eigenvalue weighted by atomic mass is 35.5. The molecule has 36 nitrogen and oxygen atoms in total. The van der Waals surface area contributed by atoms with Gasteiger partial charge in [-0.1, -0.05) is 133 Å². The maximum atomic E-state index is 13.3. The Morgan fingerprint density at radius 2 is 1.02 bits per heavy atom. The monoisotopic (exact) mass is 1850 g/mol. The zero-order valence-electron chi connectivity index (χ0n) is 69.1. The van der Waals surface area contributed by atoms with Gasteiger partial charge in [0, 0.05) is 26.5 Å². The summed E-state index contributed by atoms with van der Waals surface area (Å²) in [6, 6.07) is 42.2. The third-order valence-electron chi connectivity index (χ3n) is 19.2. The first-order valence-corrected chi connectivity index (χ1v) is 43.9. The summed E-state index contributed by atoms with van der Waals surface area (Å²) < 4.78 is 103. The van der Waals surface area contributed by atoms with E-state index in [1.807, 2.05) is 131 Å². The van der Waals surface area contributed by atoms with Crippen LogP contribution in [-0.2, 0) is 90.1 Å². The summed E-state index contributed by atoms with van der Waals surface area (Å²) in [5.74, 6) is 0.913. The fraction of sp³-hybridized carbons (Fsp3) is 0.280. The highest BCUT2D eigenvalue weighted by Crippen LogP contribution is 2.47. The summed E-state index contributed by atoms with van der Waals surface area (Å²) in [4.78, 5) is 71.8. The Morgan fingerprint density at radius 1 is 0.556 bits per heavy atom. The molecule has 660 valence electrons. The van der Waals surface area contributed by atoms with Gasteiger partial charge in [-0.3, -0.25) is 5.32 Å². The van der Waals surface area contributed by atoms with Crippen LogP contribution in [0.4, 0.5) is 4.79 Å². The molecule has 0 unspecified atom stereocenters. The highest BCUT2D eigenvalue weighted by Gasteiger charge is 2.45. The summed E-state index contributed by atoms with van der Waals surface area (Å²) >= 11 is 21.6. The largest absolute Gasteiger partial charge is 0.506 e. The molecule has 2 aliphatic heterocycles. The van der Waals surface area contributed by atoms with E-state index in [4.69, 9.17) is 78.4 Å². The van der Waals surface area contributed by atoms with E-state index >= 15 is 0 Å². The molecule has 2 atom stereocenters. The molecule has 3 aromatic carbocycles. The number of amides is 1. The molecule has 17 rings (SSSR count). The third kappa shape index (κ3) is 21.4. The zero-order chi connectivity index (χ0) is 89.1. The maximum absolute atomic E-state index is 13.3. The van der Waals surface area contributed by atoms with Crippen LogP contribution in [0, 0.1) is 0 Å². The predicted octanol–water partition coefficient (Wildman–Crippen LogP) is 12.7. The number of nitrogens with one attached hydrogen (secondary N) is 3. The van der Waals surface area contributed by atoms with Crippen LogP contribution in [0.3, 0.4) is 0 Å². The van der Waals surface area contributed by atoms with Gasteiger partial charge in [-0.05, 0) is 93.8 Å². The molecule has 2 aliphatic rings. The lowest BCUT2D eigenvalue weighted by atomic mass is 9.86. The van der Waals surface area contributed by atoms with Crippen molar-refractivity contribution in [3.63, 3.8) is 0 Å². The van der Waals surface area contributed by atoms with Crippen molar-refractivity contribution in [2.24, 2.45) is 15.7 Å². The standard InChI is InChI=1S/C29H33ClN6O6S2.C16H17ClN6O3S2.C15H16BN3O4.C15H15N3O2.C6H4ClN3.CH4/c1-28(2,3)42-27(37)33-26-34-29(4,15-44(38,39)35(26)5)24-19(30)12-22(43-24)21-13-20-23(25(40-6)32-16-31-20)36(21)17-41-14-18-10-8-7-9-11-18;1-16(6-28(24,25)23(2)15(18)22-16)13-8(17)4-11(27-13)9-5-10-12(21-9)14(26-3)20-7-19-10;1-22-15-14-12(17-9-18-15)7-13(16(20)21)19(14)10-23-8-11-5-3-2-4-6-11;1-19-15-14-13(16-10-17-15)7-8-18(14)11-20-9-12-5-3-2-4-6-12;7-6-5-4(1-2-8-5)9-3-10-6;/h7-13,16H,14-15,17H2,1-6H3,(H,33,34,37);4-5,7,21H,6H2,1-3H3,(H2,18,22);2-7,9,20-21H,8,10H2,1H3;2-8,10H,9,11H2,1H3;1-3,8H;1H4/t29-;16-;;;;/m00..../s1. The van der Waals surface area contributed by atoms with Gasteiger partial charge in [0.15, 0.2) is 5.15 Å². The number of aromatic amines is 2. The van der Waals surface area contributed by atoms with E-state index in [-0.39, 0.29) is 49.9 Å². The van der Waals surface area contributed by atoms with E-state index < -0.39 is 49.9 Å².